The summed E-state index contributed by atoms with van der Waals surface area (Å²) < 4.78 is 34.1. The van der Waals surface area contributed by atoms with Gasteiger partial charge < -0.3 is 9.30 Å². The monoisotopic (exact) mass is 287 g/mol. The van der Waals surface area contributed by atoms with Gasteiger partial charge in [0.05, 0.1) is 12.1 Å². The van der Waals surface area contributed by atoms with Crippen LogP contribution in [-0.2, 0) is 6.54 Å². The topological polar surface area (TPSA) is 14.2 Å². The second-order valence-electron chi connectivity index (χ2n) is 4.84. The molecule has 0 radical (unpaired) electrons. The summed E-state index contributed by atoms with van der Waals surface area (Å²) in [7, 11) is 0. The Labute approximate surface area is 121 Å². The van der Waals surface area contributed by atoms with Gasteiger partial charge >= 0.3 is 0 Å². The average molecular weight is 287 g/mol. The molecule has 0 aliphatic heterocycles. The van der Waals surface area contributed by atoms with Gasteiger partial charge in [0.1, 0.15) is 17.4 Å². The third kappa shape index (κ3) is 2.75. The Hall–Kier alpha value is -2.36. The fourth-order valence-corrected chi connectivity index (χ4v) is 2.51. The molecule has 0 atom stereocenters. The molecule has 2 nitrogen and oxygen atoms in total. The van der Waals surface area contributed by atoms with Crippen LogP contribution in [0, 0.1) is 11.6 Å². The van der Waals surface area contributed by atoms with E-state index in [-0.39, 0.29) is 0 Å². The molecule has 1 aromatic heterocycles. The highest BCUT2D eigenvalue weighted by atomic mass is 19.1. The molecule has 0 saturated carbocycles. The van der Waals surface area contributed by atoms with Crippen molar-refractivity contribution >= 4 is 10.9 Å². The van der Waals surface area contributed by atoms with E-state index in [9.17, 15) is 8.78 Å². The van der Waals surface area contributed by atoms with Crippen LogP contribution in [0.4, 0.5) is 8.78 Å². The van der Waals surface area contributed by atoms with Gasteiger partial charge in [-0.3, -0.25) is 0 Å². The Morgan fingerprint density at radius 1 is 1.05 bits per heavy atom. The second kappa shape index (κ2) is 5.56. The van der Waals surface area contributed by atoms with Crippen molar-refractivity contribution in [1.29, 1.82) is 0 Å². The van der Waals surface area contributed by atoms with Crippen molar-refractivity contribution in [3.8, 4) is 5.75 Å². The van der Waals surface area contributed by atoms with Crippen molar-refractivity contribution in [3.05, 3.63) is 65.9 Å². The summed E-state index contributed by atoms with van der Waals surface area (Å²) in [5.74, 6) is -0.299. The molecule has 0 fully saturated rings. The first kappa shape index (κ1) is 13.6. The fraction of sp³-hybridized carbons (Fsp3) is 0.176. The third-order valence-corrected chi connectivity index (χ3v) is 3.35. The van der Waals surface area contributed by atoms with Gasteiger partial charge in [-0.1, -0.05) is 6.07 Å². The van der Waals surface area contributed by atoms with Gasteiger partial charge in [-0.25, -0.2) is 8.78 Å². The van der Waals surface area contributed by atoms with E-state index in [1.165, 1.54) is 12.1 Å². The summed E-state index contributed by atoms with van der Waals surface area (Å²) in [5, 5.41) is 0.997. The maximum absolute atomic E-state index is 13.3. The third-order valence-electron chi connectivity index (χ3n) is 3.35. The fourth-order valence-electron chi connectivity index (χ4n) is 2.51. The maximum atomic E-state index is 13.3. The van der Waals surface area contributed by atoms with Crippen LogP contribution < -0.4 is 4.74 Å². The molecule has 1 heterocycles. The van der Waals surface area contributed by atoms with Gasteiger partial charge in [0.15, 0.2) is 0 Å². The molecule has 0 aliphatic rings. The Morgan fingerprint density at radius 3 is 2.52 bits per heavy atom. The van der Waals surface area contributed by atoms with Gasteiger partial charge in [-0.05, 0) is 42.8 Å². The van der Waals surface area contributed by atoms with Crippen molar-refractivity contribution in [2.75, 3.05) is 6.61 Å². The smallest absolute Gasteiger partial charge is 0.128 e. The van der Waals surface area contributed by atoms with Crippen molar-refractivity contribution in [2.24, 2.45) is 0 Å². The van der Waals surface area contributed by atoms with E-state index in [0.29, 0.717) is 18.7 Å². The lowest BCUT2D eigenvalue weighted by Gasteiger charge is -2.08. The number of hydrogen-bond acceptors (Lipinski definition) is 1. The van der Waals surface area contributed by atoms with Crippen LogP contribution in [0.25, 0.3) is 10.9 Å². The van der Waals surface area contributed by atoms with Crippen molar-refractivity contribution in [1.82, 2.24) is 4.57 Å². The molecule has 0 N–H and O–H groups in total. The zero-order valence-electron chi connectivity index (χ0n) is 11.6. The molecule has 0 bridgehead atoms. The SMILES string of the molecule is CCOc1cccc2c1ccn2Cc1cc(F)cc(F)c1. The first-order valence-electron chi connectivity index (χ1n) is 6.83. The Kier molecular flexibility index (Phi) is 3.60. The maximum Gasteiger partial charge on any atom is 0.128 e. The molecule has 2 aromatic carbocycles. The minimum absolute atomic E-state index is 0.410. The zero-order valence-corrected chi connectivity index (χ0v) is 11.6. The molecule has 0 unspecified atom stereocenters. The van der Waals surface area contributed by atoms with E-state index in [0.717, 1.165) is 22.7 Å². The normalized spacial score (nSPS) is 11.0. The molecule has 0 amide bonds. The number of halogens is 2. The Bertz CT molecular complexity index is 759. The van der Waals surface area contributed by atoms with Crippen LogP contribution in [0.2, 0.25) is 0 Å². The summed E-state index contributed by atoms with van der Waals surface area (Å²) >= 11 is 0. The summed E-state index contributed by atoms with van der Waals surface area (Å²) in [5.41, 5.74) is 1.57. The van der Waals surface area contributed by atoms with Crippen LogP contribution in [0.3, 0.4) is 0 Å². The predicted octanol–water partition coefficient (Wildman–Crippen LogP) is 4.37. The molecule has 3 aromatic rings. The molecule has 21 heavy (non-hydrogen) atoms. The van der Waals surface area contributed by atoms with E-state index in [2.05, 4.69) is 0 Å². The largest absolute Gasteiger partial charge is 0.493 e. The number of aromatic nitrogens is 1. The van der Waals surface area contributed by atoms with Crippen LogP contribution in [0.1, 0.15) is 12.5 Å². The number of rotatable bonds is 4. The highest BCUT2D eigenvalue weighted by Crippen LogP contribution is 2.27. The van der Waals surface area contributed by atoms with E-state index in [1.807, 2.05) is 42.0 Å². The van der Waals surface area contributed by atoms with E-state index in [4.69, 9.17) is 4.74 Å². The van der Waals surface area contributed by atoms with Crippen molar-refractivity contribution in [3.63, 3.8) is 0 Å². The standard InChI is InChI=1S/C17H15F2NO/c1-2-21-17-5-3-4-16-15(17)6-7-20(16)11-12-8-13(18)10-14(19)9-12/h3-10H,2,11H2,1H3. The predicted molar refractivity (Wildman–Crippen MR) is 78.6 cm³/mol. The lowest BCUT2D eigenvalue weighted by atomic mass is 10.2. The molecular formula is C17H15F2NO. The summed E-state index contributed by atoms with van der Waals surface area (Å²) in [6.45, 7) is 2.94. The van der Waals surface area contributed by atoms with E-state index < -0.39 is 11.6 Å². The van der Waals surface area contributed by atoms with Gasteiger partial charge in [0.25, 0.3) is 0 Å². The number of ether oxygens (including phenoxy) is 1. The average Bonchev–Trinajstić information content (AvgIpc) is 2.82. The summed E-state index contributed by atoms with van der Waals surface area (Å²) in [6, 6.07) is 11.3. The van der Waals surface area contributed by atoms with Crippen LogP contribution in [-0.4, -0.2) is 11.2 Å². The summed E-state index contributed by atoms with van der Waals surface area (Å²) in [4.78, 5) is 0. The minimum Gasteiger partial charge on any atom is -0.493 e. The number of fused-ring (bicyclic) bond motifs is 1. The molecule has 3 rings (SSSR count). The van der Waals surface area contributed by atoms with Crippen LogP contribution in [0.15, 0.2) is 48.7 Å². The number of nitrogens with zero attached hydrogens (tertiary/aromatic N) is 1. The van der Waals surface area contributed by atoms with Gasteiger partial charge in [-0.2, -0.15) is 0 Å². The van der Waals surface area contributed by atoms with Gasteiger partial charge in [-0.15, -0.1) is 0 Å². The second-order valence-corrected chi connectivity index (χ2v) is 4.84. The Morgan fingerprint density at radius 2 is 1.81 bits per heavy atom. The van der Waals surface area contributed by atoms with E-state index >= 15 is 0 Å². The molecule has 4 heteroatoms. The highest BCUT2D eigenvalue weighted by molar-refractivity contribution is 5.86. The molecule has 0 spiro atoms. The zero-order chi connectivity index (χ0) is 14.8. The van der Waals surface area contributed by atoms with E-state index in [1.54, 1.807) is 0 Å². The Balaban J connectivity index is 1.99. The molecule has 0 aliphatic carbocycles. The summed E-state index contributed by atoms with van der Waals surface area (Å²) in [6.07, 6.45) is 1.90. The lowest BCUT2D eigenvalue weighted by molar-refractivity contribution is 0.344. The number of hydrogen-bond donors (Lipinski definition) is 0. The number of benzene rings is 2. The lowest BCUT2D eigenvalue weighted by Crippen LogP contribution is -1.99. The molecule has 108 valence electrons. The molecule has 0 saturated heterocycles. The van der Waals surface area contributed by atoms with Crippen molar-refractivity contribution < 1.29 is 13.5 Å². The molecular weight excluding hydrogens is 272 g/mol. The first-order valence-corrected chi connectivity index (χ1v) is 6.83. The van der Waals surface area contributed by atoms with Gasteiger partial charge in [0, 0.05) is 24.2 Å². The van der Waals surface area contributed by atoms with Crippen LogP contribution >= 0.6 is 0 Å². The minimum atomic E-state index is -0.559. The highest BCUT2D eigenvalue weighted by Gasteiger charge is 2.08. The van der Waals surface area contributed by atoms with Crippen LogP contribution in [0.5, 0.6) is 5.75 Å². The first-order chi connectivity index (χ1) is 10.2. The quantitative estimate of drug-likeness (QED) is 0.695. The van der Waals surface area contributed by atoms with Crippen molar-refractivity contribution in [2.45, 2.75) is 13.5 Å². The van der Waals surface area contributed by atoms with Gasteiger partial charge in [0.2, 0.25) is 0 Å².